The zero-order valence-corrected chi connectivity index (χ0v) is 10.5. The molecule has 0 amide bonds. The van der Waals surface area contributed by atoms with E-state index in [4.69, 9.17) is 5.11 Å². The normalized spacial score (nSPS) is 16.0. The van der Waals surface area contributed by atoms with E-state index < -0.39 is 48.8 Å². The SMILES string of the molecule is C=C(F)C(F)(F)OC(CC(F)(F)CC)C(F)(F)C(O)(F)F. The lowest BCUT2D eigenvalue weighted by molar-refractivity contribution is -0.384. The topological polar surface area (TPSA) is 29.5 Å². The van der Waals surface area contributed by atoms with Gasteiger partial charge >= 0.3 is 18.1 Å². The Morgan fingerprint density at radius 2 is 1.52 bits per heavy atom. The molecule has 0 heterocycles. The van der Waals surface area contributed by atoms with Crippen LogP contribution in [0.1, 0.15) is 19.8 Å². The van der Waals surface area contributed by atoms with Gasteiger partial charge in [0.05, 0.1) is 0 Å². The van der Waals surface area contributed by atoms with Crippen molar-refractivity contribution >= 4 is 0 Å². The van der Waals surface area contributed by atoms with Gasteiger partial charge in [-0.1, -0.05) is 13.5 Å². The lowest BCUT2D eigenvalue weighted by Crippen LogP contribution is -2.54. The molecule has 0 aromatic carbocycles. The largest absolute Gasteiger partial charge is 0.419 e. The van der Waals surface area contributed by atoms with Crippen LogP contribution >= 0.6 is 0 Å². The van der Waals surface area contributed by atoms with Crippen LogP contribution in [0.15, 0.2) is 12.4 Å². The minimum Gasteiger partial charge on any atom is -0.331 e. The first-order valence-corrected chi connectivity index (χ1v) is 5.33. The molecule has 0 aliphatic heterocycles. The Labute approximate surface area is 113 Å². The van der Waals surface area contributed by atoms with E-state index in [0.29, 0.717) is 0 Å². The highest BCUT2D eigenvalue weighted by atomic mass is 19.3. The first-order valence-electron chi connectivity index (χ1n) is 5.33. The molecule has 0 rings (SSSR count). The van der Waals surface area contributed by atoms with Crippen LogP contribution in [0, 0.1) is 0 Å². The van der Waals surface area contributed by atoms with Crippen LogP contribution in [-0.4, -0.2) is 35.3 Å². The van der Waals surface area contributed by atoms with Crippen LogP contribution in [0.25, 0.3) is 0 Å². The summed E-state index contributed by atoms with van der Waals surface area (Å²) >= 11 is 0. The van der Waals surface area contributed by atoms with Gasteiger partial charge in [0.15, 0.2) is 5.83 Å². The van der Waals surface area contributed by atoms with Crippen LogP contribution in [0.4, 0.5) is 39.5 Å². The molecule has 1 N–H and O–H groups in total. The quantitative estimate of drug-likeness (QED) is 0.677. The summed E-state index contributed by atoms with van der Waals surface area (Å²) in [5, 5.41) is 7.95. The summed E-state index contributed by atoms with van der Waals surface area (Å²) < 4.78 is 118. The highest BCUT2D eigenvalue weighted by Crippen LogP contribution is 2.43. The summed E-state index contributed by atoms with van der Waals surface area (Å²) in [5.74, 6) is -12.6. The average Bonchev–Trinajstić information content (AvgIpc) is 2.25. The third kappa shape index (κ3) is 5.06. The van der Waals surface area contributed by atoms with E-state index in [1.165, 1.54) is 0 Å². The third-order valence-corrected chi connectivity index (χ3v) is 2.41. The van der Waals surface area contributed by atoms with Crippen LogP contribution in [0.5, 0.6) is 0 Å². The van der Waals surface area contributed by atoms with Gasteiger partial charge in [-0.15, -0.1) is 0 Å². The summed E-state index contributed by atoms with van der Waals surface area (Å²) in [6.07, 6.45) is -18.5. The molecule has 0 aromatic rings. The van der Waals surface area contributed by atoms with Gasteiger partial charge in [0, 0.05) is 12.8 Å². The Morgan fingerprint density at radius 1 is 1.10 bits per heavy atom. The van der Waals surface area contributed by atoms with E-state index in [-0.39, 0.29) is 0 Å². The van der Waals surface area contributed by atoms with Crippen molar-refractivity contribution in [3.8, 4) is 0 Å². The van der Waals surface area contributed by atoms with Crippen molar-refractivity contribution in [2.24, 2.45) is 0 Å². The highest BCUT2D eigenvalue weighted by molar-refractivity contribution is 4.95. The van der Waals surface area contributed by atoms with Crippen molar-refractivity contribution in [1.29, 1.82) is 0 Å². The predicted octanol–water partition coefficient (Wildman–Crippen LogP) is 4.10. The van der Waals surface area contributed by atoms with Gasteiger partial charge in [0.2, 0.25) is 0 Å². The molecule has 0 aliphatic carbocycles. The molecule has 11 heteroatoms. The lowest BCUT2D eigenvalue weighted by atomic mass is 10.0. The van der Waals surface area contributed by atoms with E-state index in [0.717, 1.165) is 6.92 Å². The molecular formula is C10H11F9O2. The molecule has 21 heavy (non-hydrogen) atoms. The van der Waals surface area contributed by atoms with E-state index in [1.54, 1.807) is 0 Å². The maximum Gasteiger partial charge on any atom is 0.419 e. The molecule has 0 spiro atoms. The predicted molar refractivity (Wildman–Crippen MR) is 52.0 cm³/mol. The summed E-state index contributed by atoms with van der Waals surface area (Å²) in [6, 6.07) is 0. The average molecular weight is 334 g/mol. The van der Waals surface area contributed by atoms with Crippen LogP contribution in [-0.2, 0) is 4.74 Å². The van der Waals surface area contributed by atoms with Gasteiger partial charge < -0.3 is 9.84 Å². The molecule has 1 unspecified atom stereocenters. The van der Waals surface area contributed by atoms with E-state index >= 15 is 0 Å². The van der Waals surface area contributed by atoms with Crippen molar-refractivity contribution < 1.29 is 49.4 Å². The molecule has 1 atom stereocenters. The van der Waals surface area contributed by atoms with Crippen LogP contribution in [0.2, 0.25) is 0 Å². The first-order chi connectivity index (χ1) is 9.07. The maximum absolute atomic E-state index is 13.1. The number of aliphatic hydroxyl groups is 1. The highest BCUT2D eigenvalue weighted by Gasteiger charge is 2.64. The van der Waals surface area contributed by atoms with Crippen molar-refractivity contribution in [2.75, 3.05) is 0 Å². The van der Waals surface area contributed by atoms with E-state index in [2.05, 4.69) is 4.74 Å². The lowest BCUT2D eigenvalue weighted by Gasteiger charge is -2.33. The summed E-state index contributed by atoms with van der Waals surface area (Å²) in [6.45, 7) is 2.78. The van der Waals surface area contributed by atoms with Crippen LogP contribution in [0.3, 0.4) is 0 Å². The van der Waals surface area contributed by atoms with Crippen molar-refractivity contribution in [2.45, 2.75) is 49.9 Å². The summed E-state index contributed by atoms with van der Waals surface area (Å²) in [7, 11) is 0. The van der Waals surface area contributed by atoms with Gasteiger partial charge in [0.25, 0.3) is 5.92 Å². The fourth-order valence-electron chi connectivity index (χ4n) is 1.10. The smallest absolute Gasteiger partial charge is 0.331 e. The van der Waals surface area contributed by atoms with Crippen molar-refractivity contribution in [1.82, 2.24) is 0 Å². The number of hydrogen-bond donors (Lipinski definition) is 1. The number of halogens is 9. The Hall–Kier alpha value is -0.970. The van der Waals surface area contributed by atoms with Crippen molar-refractivity contribution in [3.63, 3.8) is 0 Å². The van der Waals surface area contributed by atoms with E-state index in [9.17, 15) is 39.5 Å². The number of hydrogen-bond acceptors (Lipinski definition) is 2. The Kier molecular flexibility index (Phi) is 5.75. The number of alkyl halides is 8. The fraction of sp³-hybridized carbons (Fsp3) is 0.800. The minimum atomic E-state index is -5.94. The van der Waals surface area contributed by atoms with Gasteiger partial charge in [-0.05, 0) is 0 Å². The summed E-state index contributed by atoms with van der Waals surface area (Å²) in [4.78, 5) is 0. The zero-order chi connectivity index (χ0) is 17.3. The minimum absolute atomic E-state index is 0.762. The van der Waals surface area contributed by atoms with Gasteiger partial charge in [-0.2, -0.15) is 26.3 Å². The molecule has 0 fully saturated rings. The molecule has 126 valence electrons. The molecule has 0 radical (unpaired) electrons. The Morgan fingerprint density at radius 3 is 1.81 bits per heavy atom. The molecule has 2 nitrogen and oxygen atoms in total. The standard InChI is InChI=1S/C10H11F9O2/c1-3-7(12,13)4-6(8(14,15)10(18,19)20)21-9(16,17)5(2)11/h6,20H,2-4H2,1H3. The van der Waals surface area contributed by atoms with E-state index in [1.807, 2.05) is 6.58 Å². The maximum atomic E-state index is 13.1. The number of ether oxygens (including phenoxy) is 1. The fourth-order valence-corrected chi connectivity index (χ4v) is 1.10. The summed E-state index contributed by atoms with van der Waals surface area (Å²) in [5.41, 5.74) is 0. The van der Waals surface area contributed by atoms with Crippen LogP contribution < -0.4 is 0 Å². The molecule has 0 aliphatic rings. The third-order valence-electron chi connectivity index (χ3n) is 2.41. The molecular weight excluding hydrogens is 323 g/mol. The molecule has 0 bridgehead atoms. The molecule has 0 saturated heterocycles. The zero-order valence-electron chi connectivity index (χ0n) is 10.5. The molecule has 0 saturated carbocycles. The van der Waals surface area contributed by atoms with Gasteiger partial charge in [0.1, 0.15) is 6.10 Å². The first kappa shape index (κ1) is 20.0. The van der Waals surface area contributed by atoms with Gasteiger partial charge in [-0.25, -0.2) is 13.2 Å². The Bertz CT molecular complexity index is 375. The second-order valence-corrected chi connectivity index (χ2v) is 4.11. The number of rotatable bonds is 8. The van der Waals surface area contributed by atoms with Gasteiger partial charge in [-0.3, -0.25) is 0 Å². The monoisotopic (exact) mass is 334 g/mol. The second-order valence-electron chi connectivity index (χ2n) is 4.11. The van der Waals surface area contributed by atoms with Crippen molar-refractivity contribution in [3.05, 3.63) is 12.4 Å². The second kappa shape index (κ2) is 6.03. The Balaban J connectivity index is 5.55. The molecule has 0 aromatic heterocycles.